The Hall–Kier alpha value is -3.24. The predicted octanol–water partition coefficient (Wildman–Crippen LogP) is 1.16. The van der Waals surface area contributed by atoms with Crippen LogP contribution in [0.5, 0.6) is 0 Å². The number of aromatic nitrogens is 3. The maximum Gasteiger partial charge on any atom is 0.452 e. The van der Waals surface area contributed by atoms with Crippen molar-refractivity contribution in [1.82, 2.24) is 19.9 Å². The van der Waals surface area contributed by atoms with Gasteiger partial charge in [0.15, 0.2) is 0 Å². The highest BCUT2D eigenvalue weighted by molar-refractivity contribution is 5.93. The van der Waals surface area contributed by atoms with Crippen LogP contribution >= 0.6 is 0 Å². The lowest BCUT2D eigenvalue weighted by Gasteiger charge is -2.22. The number of nitrogen functional groups attached to an aromatic ring is 1. The zero-order valence-electron chi connectivity index (χ0n) is 15.0. The van der Waals surface area contributed by atoms with Gasteiger partial charge in [0.2, 0.25) is 5.91 Å². The SMILES string of the molecule is CC(C)C(NC(=O)Cn1c(-c2cccnc2)ncc(N)c1=O)C(=O)C(F)(F)F. The molecule has 0 aromatic carbocycles. The minimum Gasteiger partial charge on any atom is -0.393 e. The highest BCUT2D eigenvalue weighted by Gasteiger charge is 2.45. The second-order valence-electron chi connectivity index (χ2n) is 6.32. The van der Waals surface area contributed by atoms with E-state index in [0.717, 1.165) is 10.8 Å². The van der Waals surface area contributed by atoms with Crippen molar-refractivity contribution in [2.45, 2.75) is 32.6 Å². The molecule has 2 aromatic heterocycles. The summed E-state index contributed by atoms with van der Waals surface area (Å²) in [5, 5.41) is 2.04. The van der Waals surface area contributed by atoms with Crippen molar-refractivity contribution in [2.24, 2.45) is 5.92 Å². The Labute approximate surface area is 157 Å². The maximum absolute atomic E-state index is 12.7. The number of rotatable bonds is 6. The number of alkyl halides is 3. The number of halogens is 3. The molecule has 11 heteroatoms. The van der Waals surface area contributed by atoms with E-state index in [9.17, 15) is 27.6 Å². The zero-order chi connectivity index (χ0) is 21.1. The van der Waals surface area contributed by atoms with E-state index < -0.39 is 41.9 Å². The van der Waals surface area contributed by atoms with Gasteiger partial charge in [0.1, 0.15) is 18.1 Å². The molecule has 0 saturated heterocycles. The minimum absolute atomic E-state index is 0.0608. The molecule has 0 fully saturated rings. The Balaban J connectivity index is 2.34. The van der Waals surface area contributed by atoms with Crippen molar-refractivity contribution in [3.63, 3.8) is 0 Å². The van der Waals surface area contributed by atoms with Crippen molar-refractivity contribution in [3.05, 3.63) is 41.1 Å². The first-order chi connectivity index (χ1) is 13.0. The molecule has 0 aliphatic carbocycles. The quantitative estimate of drug-likeness (QED) is 0.755. The molecule has 28 heavy (non-hydrogen) atoms. The van der Waals surface area contributed by atoms with Gasteiger partial charge in [0.25, 0.3) is 11.3 Å². The molecule has 0 saturated carbocycles. The molecule has 2 heterocycles. The zero-order valence-corrected chi connectivity index (χ0v) is 15.0. The Morgan fingerprint density at radius 3 is 2.50 bits per heavy atom. The van der Waals surface area contributed by atoms with Crippen molar-refractivity contribution in [1.29, 1.82) is 0 Å². The fraction of sp³-hybridized carbons (Fsp3) is 0.353. The Morgan fingerprint density at radius 2 is 1.96 bits per heavy atom. The van der Waals surface area contributed by atoms with E-state index in [1.54, 1.807) is 12.1 Å². The van der Waals surface area contributed by atoms with Crippen LogP contribution in [0.15, 0.2) is 35.5 Å². The van der Waals surface area contributed by atoms with Gasteiger partial charge >= 0.3 is 6.18 Å². The maximum atomic E-state index is 12.7. The fourth-order valence-electron chi connectivity index (χ4n) is 2.45. The molecule has 0 bridgehead atoms. The predicted molar refractivity (Wildman–Crippen MR) is 94.0 cm³/mol. The number of anilines is 1. The molecule has 3 N–H and O–H groups in total. The molecule has 8 nitrogen and oxygen atoms in total. The van der Waals surface area contributed by atoms with Gasteiger partial charge < -0.3 is 11.1 Å². The van der Waals surface area contributed by atoms with Gasteiger partial charge in [-0.1, -0.05) is 13.8 Å². The van der Waals surface area contributed by atoms with E-state index in [1.165, 1.54) is 26.2 Å². The number of Topliss-reactive ketones (excluding diaryl/α,β-unsaturated/α-hetero) is 1. The molecule has 0 aliphatic rings. The average molecular weight is 397 g/mol. The Bertz CT molecular complexity index is 926. The molecule has 2 aromatic rings. The van der Waals surface area contributed by atoms with Crippen LogP contribution in [-0.2, 0) is 16.1 Å². The second-order valence-corrected chi connectivity index (χ2v) is 6.32. The van der Waals surface area contributed by atoms with Crippen LogP contribution in [0.4, 0.5) is 18.9 Å². The molecule has 2 rings (SSSR count). The van der Waals surface area contributed by atoms with Crippen LogP contribution in [0.1, 0.15) is 13.8 Å². The van der Waals surface area contributed by atoms with Crippen molar-refractivity contribution >= 4 is 17.4 Å². The van der Waals surface area contributed by atoms with Crippen LogP contribution < -0.4 is 16.6 Å². The number of ketones is 1. The molecule has 1 amide bonds. The van der Waals surface area contributed by atoms with Crippen LogP contribution in [0.3, 0.4) is 0 Å². The van der Waals surface area contributed by atoms with Gasteiger partial charge in [-0.25, -0.2) is 4.98 Å². The summed E-state index contributed by atoms with van der Waals surface area (Å²) in [7, 11) is 0. The van der Waals surface area contributed by atoms with Crippen molar-refractivity contribution < 1.29 is 22.8 Å². The van der Waals surface area contributed by atoms with Gasteiger partial charge in [0, 0.05) is 18.0 Å². The van der Waals surface area contributed by atoms with E-state index in [1.807, 2.05) is 5.32 Å². The van der Waals surface area contributed by atoms with E-state index in [4.69, 9.17) is 5.73 Å². The summed E-state index contributed by atoms with van der Waals surface area (Å²) in [6.45, 7) is 2.06. The minimum atomic E-state index is -5.10. The van der Waals surface area contributed by atoms with Gasteiger partial charge in [0.05, 0.1) is 12.2 Å². The summed E-state index contributed by atoms with van der Waals surface area (Å²) >= 11 is 0. The number of carbonyl (C=O) groups is 2. The molecule has 0 aliphatic heterocycles. The molecular formula is C17H18F3N5O3. The van der Waals surface area contributed by atoms with Gasteiger partial charge in [-0.2, -0.15) is 13.2 Å². The smallest absolute Gasteiger partial charge is 0.393 e. The standard InChI is InChI=1S/C17H18F3N5O3/c1-9(2)13(14(27)17(18,19)20)24-12(26)8-25-15(10-4-3-5-22-6-10)23-7-11(21)16(25)28/h3-7,9,13H,8,21H2,1-2H3,(H,24,26). The first-order valence-electron chi connectivity index (χ1n) is 8.18. The largest absolute Gasteiger partial charge is 0.452 e. The first kappa shape index (κ1) is 21.1. The second kappa shape index (κ2) is 8.19. The highest BCUT2D eigenvalue weighted by atomic mass is 19.4. The summed E-state index contributed by atoms with van der Waals surface area (Å²) in [5.41, 5.74) is 4.97. The number of nitrogens with zero attached hydrogens (tertiary/aromatic N) is 3. The monoisotopic (exact) mass is 397 g/mol. The van der Waals surface area contributed by atoms with Crippen molar-refractivity contribution in [3.8, 4) is 11.4 Å². The topological polar surface area (TPSA) is 120 Å². The average Bonchev–Trinajstić information content (AvgIpc) is 2.63. The lowest BCUT2D eigenvalue weighted by molar-refractivity contribution is -0.174. The summed E-state index contributed by atoms with van der Waals surface area (Å²) in [6, 6.07) is 1.39. The number of pyridine rings is 1. The van der Waals surface area contributed by atoms with Gasteiger partial charge in [-0.05, 0) is 18.1 Å². The number of carbonyl (C=O) groups excluding carboxylic acids is 2. The highest BCUT2D eigenvalue weighted by Crippen LogP contribution is 2.21. The lowest BCUT2D eigenvalue weighted by atomic mass is 9.99. The number of hydrogen-bond acceptors (Lipinski definition) is 6. The summed E-state index contributed by atoms with van der Waals surface area (Å²) in [5.74, 6) is -3.78. The van der Waals surface area contributed by atoms with Crippen molar-refractivity contribution in [2.75, 3.05) is 5.73 Å². The summed E-state index contributed by atoms with van der Waals surface area (Å²) in [4.78, 5) is 44.2. The normalized spacial score (nSPS) is 12.6. The number of nitrogens with two attached hydrogens (primary N) is 1. The number of nitrogens with one attached hydrogen (secondary N) is 1. The lowest BCUT2D eigenvalue weighted by Crippen LogP contribution is -2.51. The molecule has 150 valence electrons. The number of amides is 1. The Kier molecular flexibility index (Phi) is 6.16. The van der Waals surface area contributed by atoms with Crippen LogP contribution in [-0.4, -0.2) is 38.4 Å². The van der Waals surface area contributed by atoms with Gasteiger partial charge in [-0.3, -0.25) is 23.9 Å². The molecule has 1 atom stereocenters. The van der Waals surface area contributed by atoms with E-state index in [-0.39, 0.29) is 11.5 Å². The summed E-state index contributed by atoms with van der Waals surface area (Å²) in [6.07, 6.45) is -1.09. The molecular weight excluding hydrogens is 379 g/mol. The summed E-state index contributed by atoms with van der Waals surface area (Å²) < 4.78 is 39.2. The van der Waals surface area contributed by atoms with Crippen LogP contribution in [0.25, 0.3) is 11.4 Å². The van der Waals surface area contributed by atoms with E-state index in [0.29, 0.717) is 5.56 Å². The fourth-order valence-corrected chi connectivity index (χ4v) is 2.45. The number of hydrogen-bond donors (Lipinski definition) is 2. The van der Waals surface area contributed by atoms with E-state index >= 15 is 0 Å². The van der Waals surface area contributed by atoms with Crippen LogP contribution in [0.2, 0.25) is 0 Å². The molecule has 1 unspecified atom stereocenters. The van der Waals surface area contributed by atoms with Crippen LogP contribution in [0, 0.1) is 5.92 Å². The van der Waals surface area contributed by atoms with Gasteiger partial charge in [-0.15, -0.1) is 0 Å². The molecule has 0 radical (unpaired) electrons. The van der Waals surface area contributed by atoms with E-state index in [2.05, 4.69) is 9.97 Å². The third kappa shape index (κ3) is 4.72. The third-order valence-electron chi connectivity index (χ3n) is 3.84. The third-order valence-corrected chi connectivity index (χ3v) is 3.84. The molecule has 0 spiro atoms. The first-order valence-corrected chi connectivity index (χ1v) is 8.18. The Morgan fingerprint density at radius 1 is 1.29 bits per heavy atom.